The zero-order chi connectivity index (χ0) is 23.2. The molecule has 5 atom stereocenters. The van der Waals surface area contributed by atoms with Gasteiger partial charge in [-0.15, -0.1) is 0 Å². The number of hydrogen-bond acceptors (Lipinski definition) is 10. The summed E-state index contributed by atoms with van der Waals surface area (Å²) in [5.41, 5.74) is -0.361. The highest BCUT2D eigenvalue weighted by Gasteiger charge is 2.43. The summed E-state index contributed by atoms with van der Waals surface area (Å²) in [6.45, 7) is 1.49. The van der Waals surface area contributed by atoms with Gasteiger partial charge in [0.05, 0.1) is 18.6 Å². The van der Waals surface area contributed by atoms with Gasteiger partial charge in [0.25, 0.3) is 0 Å². The summed E-state index contributed by atoms with van der Waals surface area (Å²) >= 11 is 0. The van der Waals surface area contributed by atoms with Crippen molar-refractivity contribution in [2.24, 2.45) is 0 Å². The largest absolute Gasteiger partial charge is 0.504 e. The van der Waals surface area contributed by atoms with Gasteiger partial charge in [0, 0.05) is 11.6 Å². The van der Waals surface area contributed by atoms with Gasteiger partial charge in [-0.3, -0.25) is 4.79 Å². The third-order valence-corrected chi connectivity index (χ3v) is 5.35. The van der Waals surface area contributed by atoms with E-state index >= 15 is 0 Å². The number of ether oxygens (including phenoxy) is 3. The van der Waals surface area contributed by atoms with E-state index in [1.54, 1.807) is 24.3 Å². The molecule has 2 aromatic carbocycles. The molecule has 170 valence electrons. The number of phenols is 1. The minimum absolute atomic E-state index is 0.00894. The molecule has 4 rings (SSSR count). The van der Waals surface area contributed by atoms with Gasteiger partial charge in [-0.1, -0.05) is 0 Å². The van der Waals surface area contributed by atoms with E-state index in [-0.39, 0.29) is 22.5 Å². The molecule has 0 aliphatic carbocycles. The van der Waals surface area contributed by atoms with Crippen LogP contribution in [0.3, 0.4) is 0 Å². The summed E-state index contributed by atoms with van der Waals surface area (Å²) in [7, 11) is 1.50. The molecule has 0 amide bonds. The van der Waals surface area contributed by atoms with Crippen molar-refractivity contribution in [1.29, 1.82) is 0 Å². The lowest BCUT2D eigenvalue weighted by molar-refractivity contribution is -0.268. The molecule has 0 spiro atoms. The molecule has 1 aliphatic heterocycles. The van der Waals surface area contributed by atoms with Crippen LogP contribution in [-0.2, 0) is 4.74 Å². The molecule has 1 aliphatic rings. The van der Waals surface area contributed by atoms with Crippen molar-refractivity contribution in [1.82, 2.24) is 0 Å². The summed E-state index contributed by atoms with van der Waals surface area (Å²) in [5, 5.41) is 50.5. The third-order valence-electron chi connectivity index (χ3n) is 5.35. The lowest BCUT2D eigenvalue weighted by Gasteiger charge is -2.38. The summed E-state index contributed by atoms with van der Waals surface area (Å²) in [6.07, 6.45) is -6.70. The van der Waals surface area contributed by atoms with Crippen LogP contribution in [0.5, 0.6) is 23.0 Å². The Balaban J connectivity index is 1.75. The SMILES string of the molecule is COc1ccc(-c2oc3cc(O[C@@H]4OC(C)[C@H](O)C(O)[C@@H]4O)c(O)cc3c(=O)c2O)cc1. The maximum absolute atomic E-state index is 12.7. The van der Waals surface area contributed by atoms with Crippen molar-refractivity contribution in [3.63, 3.8) is 0 Å². The Morgan fingerprint density at radius 2 is 1.66 bits per heavy atom. The smallest absolute Gasteiger partial charge is 0.235 e. The molecule has 1 saturated heterocycles. The first-order valence-electron chi connectivity index (χ1n) is 9.74. The fraction of sp³-hybridized carbons (Fsp3) is 0.318. The minimum atomic E-state index is -1.60. The van der Waals surface area contributed by atoms with Crippen molar-refractivity contribution >= 4 is 11.0 Å². The Labute approximate surface area is 181 Å². The Morgan fingerprint density at radius 1 is 0.969 bits per heavy atom. The predicted octanol–water partition coefficient (Wildman–Crippen LogP) is 1.09. The van der Waals surface area contributed by atoms with Gasteiger partial charge in [0.1, 0.15) is 29.6 Å². The number of rotatable bonds is 4. The normalized spacial score (nSPS) is 25.6. The van der Waals surface area contributed by atoms with Gasteiger partial charge < -0.3 is 44.2 Å². The first kappa shape index (κ1) is 21.9. The number of aliphatic hydroxyl groups is 3. The molecule has 0 radical (unpaired) electrons. The van der Waals surface area contributed by atoms with Crippen molar-refractivity contribution in [3.05, 3.63) is 46.6 Å². The summed E-state index contributed by atoms with van der Waals surface area (Å²) < 4.78 is 21.7. The van der Waals surface area contributed by atoms with Crippen molar-refractivity contribution in [3.8, 4) is 34.3 Å². The number of methoxy groups -OCH3 is 1. The molecule has 0 bridgehead atoms. The van der Waals surface area contributed by atoms with E-state index in [1.165, 1.54) is 20.1 Å². The molecule has 2 unspecified atom stereocenters. The molecular formula is C22H22O10. The number of aromatic hydroxyl groups is 2. The average molecular weight is 446 g/mol. The number of benzene rings is 2. The Morgan fingerprint density at radius 3 is 2.31 bits per heavy atom. The topological polar surface area (TPSA) is 159 Å². The Kier molecular flexibility index (Phi) is 5.70. The molecule has 0 saturated carbocycles. The summed E-state index contributed by atoms with van der Waals surface area (Å²) in [6, 6.07) is 8.72. The molecule has 10 heteroatoms. The van der Waals surface area contributed by atoms with Crippen LogP contribution in [0.25, 0.3) is 22.3 Å². The molecule has 10 nitrogen and oxygen atoms in total. The van der Waals surface area contributed by atoms with Crippen LogP contribution in [0.15, 0.2) is 45.6 Å². The second-order valence-corrected chi connectivity index (χ2v) is 7.45. The van der Waals surface area contributed by atoms with Crippen molar-refractivity contribution in [2.45, 2.75) is 37.6 Å². The monoisotopic (exact) mass is 446 g/mol. The van der Waals surface area contributed by atoms with Crippen LogP contribution in [0.2, 0.25) is 0 Å². The van der Waals surface area contributed by atoms with E-state index in [9.17, 15) is 30.3 Å². The number of aliphatic hydroxyl groups excluding tert-OH is 3. The first-order valence-corrected chi connectivity index (χ1v) is 9.74. The van der Waals surface area contributed by atoms with Crippen LogP contribution in [-0.4, -0.2) is 63.3 Å². The number of fused-ring (bicyclic) bond motifs is 1. The maximum atomic E-state index is 12.7. The molecule has 5 N–H and O–H groups in total. The van der Waals surface area contributed by atoms with E-state index in [1.807, 2.05) is 0 Å². The van der Waals surface area contributed by atoms with Crippen molar-refractivity contribution < 1.29 is 44.2 Å². The third kappa shape index (κ3) is 3.73. The Bertz CT molecular complexity index is 1190. The quantitative estimate of drug-likeness (QED) is 0.393. The van der Waals surface area contributed by atoms with Crippen LogP contribution in [0.4, 0.5) is 0 Å². The highest BCUT2D eigenvalue weighted by Crippen LogP contribution is 2.37. The summed E-state index contributed by atoms with van der Waals surface area (Å²) in [5.74, 6) is -0.836. The first-order chi connectivity index (χ1) is 15.2. The number of hydrogen-bond donors (Lipinski definition) is 5. The highest BCUT2D eigenvalue weighted by atomic mass is 16.7. The zero-order valence-electron chi connectivity index (χ0n) is 17.1. The fourth-order valence-electron chi connectivity index (χ4n) is 3.47. The minimum Gasteiger partial charge on any atom is -0.504 e. The fourth-order valence-corrected chi connectivity index (χ4v) is 3.47. The van der Waals surface area contributed by atoms with Gasteiger partial charge in [0.15, 0.2) is 17.3 Å². The standard InChI is InChI=1S/C22H22O10/c1-9-16(24)18(26)20(28)22(30-9)32-15-8-14-12(7-13(15)23)17(25)19(27)21(31-14)10-3-5-11(29-2)6-4-10/h3-9,16,18,20,22-24,26-28H,1-2H3/t9?,16-,18?,20-,22-/m0/s1. The maximum Gasteiger partial charge on any atom is 0.235 e. The molecule has 2 heterocycles. The molecule has 1 fully saturated rings. The van der Waals surface area contributed by atoms with Gasteiger partial charge in [0.2, 0.25) is 17.5 Å². The van der Waals surface area contributed by atoms with E-state index in [4.69, 9.17) is 18.6 Å². The van der Waals surface area contributed by atoms with E-state index in [0.717, 1.165) is 6.07 Å². The van der Waals surface area contributed by atoms with Gasteiger partial charge in [-0.2, -0.15) is 0 Å². The highest BCUT2D eigenvalue weighted by molar-refractivity contribution is 5.84. The van der Waals surface area contributed by atoms with E-state index in [0.29, 0.717) is 11.3 Å². The van der Waals surface area contributed by atoms with Crippen LogP contribution < -0.4 is 14.9 Å². The summed E-state index contributed by atoms with van der Waals surface area (Å²) in [4.78, 5) is 12.7. The Hall–Kier alpha value is -3.31. The molecule has 32 heavy (non-hydrogen) atoms. The zero-order valence-corrected chi connectivity index (χ0v) is 17.1. The van der Waals surface area contributed by atoms with E-state index in [2.05, 4.69) is 0 Å². The van der Waals surface area contributed by atoms with Crippen LogP contribution in [0, 0.1) is 0 Å². The van der Waals surface area contributed by atoms with Gasteiger partial charge >= 0.3 is 0 Å². The molecule has 1 aromatic heterocycles. The van der Waals surface area contributed by atoms with E-state index < -0.39 is 47.6 Å². The van der Waals surface area contributed by atoms with Crippen molar-refractivity contribution in [2.75, 3.05) is 7.11 Å². The lowest BCUT2D eigenvalue weighted by Crippen LogP contribution is -2.58. The molecule has 3 aromatic rings. The second kappa shape index (κ2) is 8.32. The lowest BCUT2D eigenvalue weighted by atomic mass is 10.00. The van der Waals surface area contributed by atoms with Gasteiger partial charge in [-0.05, 0) is 37.3 Å². The predicted molar refractivity (Wildman–Crippen MR) is 111 cm³/mol. The second-order valence-electron chi connectivity index (χ2n) is 7.45. The van der Waals surface area contributed by atoms with Crippen LogP contribution >= 0.6 is 0 Å². The van der Waals surface area contributed by atoms with Gasteiger partial charge in [-0.25, -0.2) is 0 Å². The molecular weight excluding hydrogens is 424 g/mol. The average Bonchev–Trinajstić information content (AvgIpc) is 2.79. The number of phenolic OH excluding ortho intramolecular Hbond substituents is 1. The van der Waals surface area contributed by atoms with Crippen LogP contribution in [0.1, 0.15) is 6.92 Å².